The Bertz CT molecular complexity index is 478. The van der Waals surface area contributed by atoms with Crippen LogP contribution in [-0.4, -0.2) is 11.5 Å². The largest absolute Gasteiger partial charge is 0.374 e. The van der Waals surface area contributed by atoms with Crippen molar-refractivity contribution >= 4 is 11.4 Å². The normalized spacial score (nSPS) is 9.65. The van der Waals surface area contributed by atoms with Gasteiger partial charge in [-0.3, -0.25) is 10.1 Å². The molecule has 0 fully saturated rings. The Morgan fingerprint density at radius 2 is 2.24 bits per heavy atom. The van der Waals surface area contributed by atoms with E-state index in [1.807, 2.05) is 0 Å². The molecule has 1 aromatic carbocycles. The van der Waals surface area contributed by atoms with Crippen molar-refractivity contribution < 1.29 is 13.7 Å². The highest BCUT2D eigenvalue weighted by Crippen LogP contribution is 2.30. The van der Waals surface area contributed by atoms with Gasteiger partial charge in [0.15, 0.2) is 0 Å². The van der Waals surface area contributed by atoms with Gasteiger partial charge in [-0.15, -0.1) is 5.92 Å². The van der Waals surface area contributed by atoms with Gasteiger partial charge in [0.25, 0.3) is 12.1 Å². The van der Waals surface area contributed by atoms with Crippen LogP contribution in [0.2, 0.25) is 0 Å². The van der Waals surface area contributed by atoms with Crippen molar-refractivity contribution in [1.29, 1.82) is 0 Å². The van der Waals surface area contributed by atoms with Crippen molar-refractivity contribution in [2.24, 2.45) is 0 Å². The van der Waals surface area contributed by atoms with Crippen LogP contribution in [0.15, 0.2) is 18.2 Å². The van der Waals surface area contributed by atoms with Crippen LogP contribution < -0.4 is 5.32 Å². The Balaban J connectivity index is 3.02. The van der Waals surface area contributed by atoms with Gasteiger partial charge in [-0.25, -0.2) is 8.78 Å². The fourth-order valence-electron chi connectivity index (χ4n) is 1.23. The maximum Gasteiger partial charge on any atom is 0.270 e. The molecule has 1 aromatic rings. The lowest BCUT2D eigenvalue weighted by molar-refractivity contribution is -0.385. The van der Waals surface area contributed by atoms with Gasteiger partial charge in [-0.2, -0.15) is 0 Å². The number of halogens is 2. The van der Waals surface area contributed by atoms with Gasteiger partial charge >= 0.3 is 0 Å². The minimum Gasteiger partial charge on any atom is -0.374 e. The average molecular weight is 240 g/mol. The second-order valence-electron chi connectivity index (χ2n) is 3.11. The smallest absolute Gasteiger partial charge is 0.270 e. The summed E-state index contributed by atoms with van der Waals surface area (Å²) < 4.78 is 25.4. The summed E-state index contributed by atoms with van der Waals surface area (Å²) in [6.45, 7) is 1.85. The highest BCUT2D eigenvalue weighted by Gasteiger charge is 2.17. The van der Waals surface area contributed by atoms with E-state index in [-0.39, 0.29) is 17.9 Å². The van der Waals surface area contributed by atoms with Gasteiger partial charge in [0.05, 0.1) is 11.5 Å². The summed E-state index contributed by atoms with van der Waals surface area (Å²) in [5, 5.41) is 13.2. The van der Waals surface area contributed by atoms with E-state index in [0.29, 0.717) is 0 Å². The third kappa shape index (κ3) is 3.41. The van der Waals surface area contributed by atoms with Crippen LogP contribution in [0.1, 0.15) is 18.9 Å². The standard InChI is InChI=1S/C11H10F2N2O2/c1-2-3-6-14-10-5-4-8(15(16)17)7-9(10)11(12)13/h4-5,7,11,14H,6H2,1H3. The zero-order valence-corrected chi connectivity index (χ0v) is 9.04. The summed E-state index contributed by atoms with van der Waals surface area (Å²) in [6.07, 6.45) is -2.77. The molecule has 90 valence electrons. The Morgan fingerprint density at radius 1 is 1.53 bits per heavy atom. The summed E-state index contributed by atoms with van der Waals surface area (Å²) in [4.78, 5) is 9.76. The maximum absolute atomic E-state index is 12.7. The van der Waals surface area contributed by atoms with Gasteiger partial charge in [-0.1, -0.05) is 5.92 Å². The summed E-state index contributed by atoms with van der Waals surface area (Å²) in [5.74, 6) is 5.27. The Morgan fingerprint density at radius 3 is 2.76 bits per heavy atom. The minimum atomic E-state index is -2.77. The maximum atomic E-state index is 12.7. The van der Waals surface area contributed by atoms with Crippen LogP contribution in [-0.2, 0) is 0 Å². The van der Waals surface area contributed by atoms with Crippen molar-refractivity contribution in [3.8, 4) is 11.8 Å². The van der Waals surface area contributed by atoms with E-state index in [9.17, 15) is 18.9 Å². The van der Waals surface area contributed by atoms with Crippen LogP contribution in [0.3, 0.4) is 0 Å². The quantitative estimate of drug-likeness (QED) is 0.500. The van der Waals surface area contributed by atoms with E-state index in [2.05, 4.69) is 17.2 Å². The lowest BCUT2D eigenvalue weighted by Crippen LogP contribution is -2.03. The first-order valence-electron chi connectivity index (χ1n) is 4.76. The number of non-ortho nitro benzene ring substituents is 1. The molecule has 0 aromatic heterocycles. The molecule has 0 spiro atoms. The molecule has 0 bridgehead atoms. The molecule has 6 heteroatoms. The SMILES string of the molecule is CC#CCNc1ccc([N+](=O)[O-])cc1C(F)F. The number of hydrogen-bond donors (Lipinski definition) is 1. The topological polar surface area (TPSA) is 55.2 Å². The van der Waals surface area contributed by atoms with Gasteiger partial charge in [0.1, 0.15) is 0 Å². The summed E-state index contributed by atoms with van der Waals surface area (Å²) in [6, 6.07) is 3.30. The molecular formula is C11H10F2N2O2. The van der Waals surface area contributed by atoms with Gasteiger partial charge in [0.2, 0.25) is 0 Å². The molecule has 0 unspecified atom stereocenters. The molecular weight excluding hydrogens is 230 g/mol. The lowest BCUT2D eigenvalue weighted by atomic mass is 10.1. The number of alkyl halides is 2. The molecule has 1 N–H and O–H groups in total. The Kier molecular flexibility index (Phi) is 4.40. The molecule has 4 nitrogen and oxygen atoms in total. The number of rotatable bonds is 4. The third-order valence-corrected chi connectivity index (χ3v) is 2.03. The molecule has 0 saturated carbocycles. The number of hydrogen-bond acceptors (Lipinski definition) is 3. The fourth-order valence-corrected chi connectivity index (χ4v) is 1.23. The van der Waals surface area contributed by atoms with Gasteiger partial charge in [0, 0.05) is 23.4 Å². The van der Waals surface area contributed by atoms with E-state index in [1.165, 1.54) is 12.1 Å². The molecule has 0 amide bonds. The fraction of sp³-hybridized carbons (Fsp3) is 0.273. The van der Waals surface area contributed by atoms with Crippen molar-refractivity contribution in [3.63, 3.8) is 0 Å². The highest BCUT2D eigenvalue weighted by atomic mass is 19.3. The minimum absolute atomic E-state index is 0.161. The Hall–Kier alpha value is -2.16. The van der Waals surface area contributed by atoms with E-state index in [4.69, 9.17) is 0 Å². The van der Waals surface area contributed by atoms with Crippen molar-refractivity contribution in [2.75, 3.05) is 11.9 Å². The predicted octanol–water partition coefficient (Wildman–Crippen LogP) is 2.97. The third-order valence-electron chi connectivity index (χ3n) is 2.03. The van der Waals surface area contributed by atoms with Crippen molar-refractivity contribution in [3.05, 3.63) is 33.9 Å². The average Bonchev–Trinajstić information content (AvgIpc) is 2.29. The van der Waals surface area contributed by atoms with Crippen LogP contribution >= 0.6 is 0 Å². The van der Waals surface area contributed by atoms with Crippen molar-refractivity contribution in [2.45, 2.75) is 13.3 Å². The van der Waals surface area contributed by atoms with E-state index in [1.54, 1.807) is 6.92 Å². The zero-order valence-electron chi connectivity index (χ0n) is 9.04. The summed E-state index contributed by atoms with van der Waals surface area (Å²) in [7, 11) is 0. The van der Waals surface area contributed by atoms with Crippen LogP contribution in [0.5, 0.6) is 0 Å². The summed E-state index contributed by atoms with van der Waals surface area (Å²) in [5.41, 5.74) is -0.585. The molecule has 0 saturated heterocycles. The molecule has 0 aliphatic carbocycles. The van der Waals surface area contributed by atoms with E-state index in [0.717, 1.165) is 6.07 Å². The lowest BCUT2D eigenvalue weighted by Gasteiger charge is -2.09. The molecule has 0 aliphatic rings. The number of anilines is 1. The van der Waals surface area contributed by atoms with Crippen LogP contribution in [0.4, 0.5) is 20.2 Å². The molecule has 0 aliphatic heterocycles. The number of nitro groups is 1. The van der Waals surface area contributed by atoms with Crippen LogP contribution in [0.25, 0.3) is 0 Å². The molecule has 0 atom stereocenters. The van der Waals surface area contributed by atoms with E-state index < -0.39 is 16.9 Å². The first kappa shape index (κ1) is 12.9. The molecule has 0 radical (unpaired) electrons. The van der Waals surface area contributed by atoms with Gasteiger partial charge in [-0.05, 0) is 13.0 Å². The zero-order chi connectivity index (χ0) is 12.8. The monoisotopic (exact) mass is 240 g/mol. The predicted molar refractivity (Wildman–Crippen MR) is 60.0 cm³/mol. The van der Waals surface area contributed by atoms with Gasteiger partial charge < -0.3 is 5.32 Å². The number of nitrogens with zero attached hydrogens (tertiary/aromatic N) is 1. The van der Waals surface area contributed by atoms with Crippen LogP contribution in [0, 0.1) is 22.0 Å². The number of benzene rings is 1. The second kappa shape index (κ2) is 5.80. The molecule has 1 rings (SSSR count). The molecule has 0 heterocycles. The van der Waals surface area contributed by atoms with Crippen molar-refractivity contribution in [1.82, 2.24) is 0 Å². The van der Waals surface area contributed by atoms with E-state index >= 15 is 0 Å². The first-order valence-corrected chi connectivity index (χ1v) is 4.76. The molecule has 17 heavy (non-hydrogen) atoms. The highest BCUT2D eigenvalue weighted by molar-refractivity contribution is 5.57. The summed E-state index contributed by atoms with van der Waals surface area (Å²) >= 11 is 0. The second-order valence-corrected chi connectivity index (χ2v) is 3.11. The number of nitrogens with one attached hydrogen (secondary N) is 1. The Labute approximate surface area is 96.8 Å². The first-order chi connectivity index (χ1) is 8.06. The number of nitro benzene ring substituents is 1.